The minimum atomic E-state index is -0.104. The third-order valence-corrected chi connectivity index (χ3v) is 5.30. The molecule has 1 saturated carbocycles. The molecule has 0 bridgehead atoms. The summed E-state index contributed by atoms with van der Waals surface area (Å²) in [6.45, 7) is 2.44. The minimum absolute atomic E-state index is 0.0261. The van der Waals surface area contributed by atoms with E-state index < -0.39 is 0 Å². The molecule has 6 nitrogen and oxygen atoms in total. The fraction of sp³-hybridized carbons (Fsp3) is 0.409. The Kier molecular flexibility index (Phi) is 7.14. The number of aromatic nitrogens is 1. The number of amides is 2. The molecule has 2 amide bonds. The van der Waals surface area contributed by atoms with Gasteiger partial charge in [0.25, 0.3) is 0 Å². The highest BCUT2D eigenvalue weighted by molar-refractivity contribution is 5.92. The van der Waals surface area contributed by atoms with Crippen molar-refractivity contribution in [3.63, 3.8) is 0 Å². The summed E-state index contributed by atoms with van der Waals surface area (Å²) in [7, 11) is 0. The van der Waals surface area contributed by atoms with Crippen molar-refractivity contribution in [2.45, 2.75) is 39.2 Å². The Labute approximate surface area is 165 Å². The summed E-state index contributed by atoms with van der Waals surface area (Å²) in [6, 6.07) is 13.3. The van der Waals surface area contributed by atoms with Crippen molar-refractivity contribution in [2.75, 3.05) is 5.32 Å². The highest BCUT2D eigenvalue weighted by Gasteiger charge is 2.33. The van der Waals surface area contributed by atoms with Crippen LogP contribution in [0, 0.1) is 17.8 Å². The maximum absolute atomic E-state index is 12.6. The van der Waals surface area contributed by atoms with E-state index in [1.165, 1.54) is 0 Å². The van der Waals surface area contributed by atoms with Crippen LogP contribution in [-0.4, -0.2) is 16.8 Å². The Hall–Kier alpha value is -2.73. The van der Waals surface area contributed by atoms with Gasteiger partial charge < -0.3 is 5.32 Å². The Morgan fingerprint density at radius 1 is 1.11 bits per heavy atom. The summed E-state index contributed by atoms with van der Waals surface area (Å²) >= 11 is 0. The number of rotatable bonds is 7. The first kappa shape index (κ1) is 20.0. The third-order valence-electron chi connectivity index (χ3n) is 5.30. The molecule has 0 radical (unpaired) electrons. The topological polar surface area (TPSA) is 80.3 Å². The second-order valence-electron chi connectivity index (χ2n) is 7.49. The quantitative estimate of drug-likeness (QED) is 0.717. The first-order valence-electron chi connectivity index (χ1n) is 9.77. The number of pyridine rings is 1. The SMILES string of the molecule is CC1CC(CC(=O)NOCc2ccccc2)CCC1C(=O)Nc1ccncc1. The van der Waals surface area contributed by atoms with Crippen molar-refractivity contribution < 1.29 is 14.4 Å². The smallest absolute Gasteiger partial charge is 0.243 e. The predicted octanol–water partition coefficient (Wildman–Crippen LogP) is 3.71. The van der Waals surface area contributed by atoms with Gasteiger partial charge in [0.1, 0.15) is 0 Å². The molecule has 0 saturated heterocycles. The van der Waals surface area contributed by atoms with Crippen molar-refractivity contribution in [2.24, 2.45) is 17.8 Å². The van der Waals surface area contributed by atoms with Gasteiger partial charge in [-0.3, -0.25) is 19.4 Å². The number of nitrogens with zero attached hydrogens (tertiary/aromatic N) is 1. The summed E-state index contributed by atoms with van der Waals surface area (Å²) in [5.41, 5.74) is 4.31. The van der Waals surface area contributed by atoms with Crippen molar-refractivity contribution in [1.29, 1.82) is 0 Å². The minimum Gasteiger partial charge on any atom is -0.326 e. The van der Waals surface area contributed by atoms with E-state index in [2.05, 4.69) is 22.7 Å². The maximum atomic E-state index is 12.6. The molecule has 148 valence electrons. The van der Waals surface area contributed by atoms with E-state index in [0.29, 0.717) is 13.0 Å². The molecule has 1 heterocycles. The van der Waals surface area contributed by atoms with Crippen LogP contribution in [0.3, 0.4) is 0 Å². The van der Waals surface area contributed by atoms with Gasteiger partial charge >= 0.3 is 0 Å². The standard InChI is InChI=1S/C22H27N3O3/c1-16-13-18(14-21(26)25-28-15-17-5-3-2-4-6-17)7-8-20(16)22(27)24-19-9-11-23-12-10-19/h2-6,9-12,16,18,20H,7-8,13-15H2,1H3,(H,25,26)(H,23,24,27). The lowest BCUT2D eigenvalue weighted by Gasteiger charge is -2.33. The number of benzene rings is 1. The second-order valence-corrected chi connectivity index (χ2v) is 7.49. The molecule has 2 aromatic rings. The zero-order valence-corrected chi connectivity index (χ0v) is 16.1. The number of carbonyl (C=O) groups excluding carboxylic acids is 2. The molecule has 1 aromatic heterocycles. The zero-order valence-electron chi connectivity index (χ0n) is 16.1. The summed E-state index contributed by atoms with van der Waals surface area (Å²) in [5.74, 6) is 0.432. The van der Waals surface area contributed by atoms with Crippen LogP contribution in [0.1, 0.15) is 38.2 Å². The summed E-state index contributed by atoms with van der Waals surface area (Å²) in [4.78, 5) is 34.0. The maximum Gasteiger partial charge on any atom is 0.243 e. The molecule has 3 unspecified atom stereocenters. The van der Waals surface area contributed by atoms with Crippen LogP contribution < -0.4 is 10.8 Å². The zero-order chi connectivity index (χ0) is 19.8. The van der Waals surface area contributed by atoms with Crippen LogP contribution in [0.25, 0.3) is 0 Å². The number of hydrogen-bond acceptors (Lipinski definition) is 4. The van der Waals surface area contributed by atoms with Crippen molar-refractivity contribution >= 4 is 17.5 Å². The first-order chi connectivity index (χ1) is 13.6. The third kappa shape index (κ3) is 5.89. The predicted molar refractivity (Wildman–Crippen MR) is 107 cm³/mol. The highest BCUT2D eigenvalue weighted by atomic mass is 16.6. The van der Waals surface area contributed by atoms with Gasteiger partial charge in [-0.1, -0.05) is 37.3 Å². The lowest BCUT2D eigenvalue weighted by Crippen LogP contribution is -2.35. The average molecular weight is 381 g/mol. The van der Waals surface area contributed by atoms with Crippen LogP contribution in [0.2, 0.25) is 0 Å². The number of hydroxylamine groups is 1. The molecule has 3 rings (SSSR count). The van der Waals surface area contributed by atoms with Crippen LogP contribution in [-0.2, 0) is 21.0 Å². The summed E-state index contributed by atoms with van der Waals surface area (Å²) in [6.07, 6.45) is 6.27. The van der Waals surface area contributed by atoms with Gasteiger partial charge in [0.2, 0.25) is 11.8 Å². The van der Waals surface area contributed by atoms with Gasteiger partial charge in [-0.2, -0.15) is 0 Å². The van der Waals surface area contributed by atoms with Crippen molar-refractivity contribution in [3.05, 3.63) is 60.4 Å². The normalized spacial score (nSPS) is 21.7. The fourth-order valence-electron chi connectivity index (χ4n) is 3.83. The van der Waals surface area contributed by atoms with E-state index in [1.807, 2.05) is 30.3 Å². The Balaban J connectivity index is 1.39. The van der Waals surface area contributed by atoms with Crippen LogP contribution in [0.5, 0.6) is 0 Å². The second kappa shape index (κ2) is 9.99. The van der Waals surface area contributed by atoms with E-state index in [4.69, 9.17) is 4.84 Å². The van der Waals surface area contributed by atoms with E-state index in [0.717, 1.165) is 30.5 Å². The molecule has 1 aliphatic rings. The van der Waals surface area contributed by atoms with Crippen molar-refractivity contribution in [3.8, 4) is 0 Å². The fourth-order valence-corrected chi connectivity index (χ4v) is 3.83. The van der Waals surface area contributed by atoms with E-state index in [1.54, 1.807) is 24.5 Å². The Morgan fingerprint density at radius 3 is 2.57 bits per heavy atom. The van der Waals surface area contributed by atoms with Crippen LogP contribution in [0.15, 0.2) is 54.9 Å². The lowest BCUT2D eigenvalue weighted by molar-refractivity contribution is -0.136. The van der Waals surface area contributed by atoms with E-state index >= 15 is 0 Å². The molecule has 1 aromatic carbocycles. The van der Waals surface area contributed by atoms with Gasteiger partial charge in [-0.25, -0.2) is 5.48 Å². The van der Waals surface area contributed by atoms with Crippen LogP contribution in [0.4, 0.5) is 5.69 Å². The molecule has 3 atom stereocenters. The van der Waals surface area contributed by atoms with Gasteiger partial charge in [-0.05, 0) is 48.8 Å². The number of carbonyl (C=O) groups is 2. The number of hydrogen-bond donors (Lipinski definition) is 2. The number of nitrogens with one attached hydrogen (secondary N) is 2. The summed E-state index contributed by atoms with van der Waals surface area (Å²) < 4.78 is 0. The molecular formula is C22H27N3O3. The highest BCUT2D eigenvalue weighted by Crippen LogP contribution is 2.36. The van der Waals surface area contributed by atoms with Gasteiger partial charge in [-0.15, -0.1) is 0 Å². The first-order valence-corrected chi connectivity index (χ1v) is 9.77. The largest absolute Gasteiger partial charge is 0.326 e. The van der Waals surface area contributed by atoms with Crippen LogP contribution >= 0.6 is 0 Å². The molecule has 1 aliphatic carbocycles. The van der Waals surface area contributed by atoms with Crippen molar-refractivity contribution in [1.82, 2.24) is 10.5 Å². The monoisotopic (exact) mass is 381 g/mol. The lowest BCUT2D eigenvalue weighted by atomic mass is 9.73. The molecule has 0 spiro atoms. The average Bonchev–Trinajstić information content (AvgIpc) is 2.69. The van der Waals surface area contributed by atoms with E-state index in [9.17, 15) is 9.59 Å². The molecule has 6 heteroatoms. The summed E-state index contributed by atoms with van der Waals surface area (Å²) in [5, 5.41) is 2.96. The Morgan fingerprint density at radius 2 is 1.86 bits per heavy atom. The van der Waals surface area contributed by atoms with E-state index in [-0.39, 0.29) is 29.6 Å². The number of anilines is 1. The molecule has 28 heavy (non-hydrogen) atoms. The molecule has 0 aliphatic heterocycles. The van der Waals surface area contributed by atoms with Gasteiger partial charge in [0.05, 0.1) is 6.61 Å². The van der Waals surface area contributed by atoms with Gasteiger partial charge in [0, 0.05) is 30.4 Å². The Bertz CT molecular complexity index is 767. The molecular weight excluding hydrogens is 354 g/mol. The molecule has 2 N–H and O–H groups in total. The van der Waals surface area contributed by atoms with Gasteiger partial charge in [0.15, 0.2) is 0 Å². The molecule has 1 fully saturated rings.